The quantitative estimate of drug-likeness (QED) is 0.886. The number of hydrogen-bond acceptors (Lipinski definition) is 6. The Morgan fingerprint density at radius 1 is 1.24 bits per heavy atom. The van der Waals surface area contributed by atoms with Crippen molar-refractivity contribution in [2.45, 2.75) is 19.3 Å². The average molecular weight is 250 g/mol. The van der Waals surface area contributed by atoms with E-state index in [1.807, 2.05) is 12.1 Å². The maximum absolute atomic E-state index is 5.68. The van der Waals surface area contributed by atoms with Gasteiger partial charge in [-0.15, -0.1) is 11.3 Å². The Kier molecular flexibility index (Phi) is 2.72. The standard InChI is InChI=1S/C11H14N4OS/c12-9-5-4-8(17-9)10-13-11(14-16-10)15-6-2-1-3-7-15/h4-5H,1-3,6-7,12H2. The fraction of sp³-hybridized carbons (Fsp3) is 0.455. The molecule has 0 bridgehead atoms. The number of anilines is 2. The van der Waals surface area contributed by atoms with Crippen LogP contribution in [0.2, 0.25) is 0 Å². The molecule has 0 aliphatic carbocycles. The summed E-state index contributed by atoms with van der Waals surface area (Å²) >= 11 is 1.46. The van der Waals surface area contributed by atoms with E-state index in [4.69, 9.17) is 10.3 Å². The molecule has 2 aromatic rings. The molecule has 1 aliphatic heterocycles. The first-order chi connectivity index (χ1) is 8.33. The first-order valence-corrected chi connectivity index (χ1v) is 6.59. The SMILES string of the molecule is Nc1ccc(-c2nc(N3CCCCC3)no2)s1. The summed E-state index contributed by atoms with van der Waals surface area (Å²) in [4.78, 5) is 7.52. The Balaban J connectivity index is 1.82. The van der Waals surface area contributed by atoms with Crippen molar-refractivity contribution >= 4 is 22.3 Å². The summed E-state index contributed by atoms with van der Waals surface area (Å²) < 4.78 is 5.27. The van der Waals surface area contributed by atoms with Crippen molar-refractivity contribution in [3.63, 3.8) is 0 Å². The van der Waals surface area contributed by atoms with Crippen molar-refractivity contribution in [2.75, 3.05) is 23.7 Å². The molecule has 6 heteroatoms. The minimum absolute atomic E-state index is 0.562. The molecule has 2 aromatic heterocycles. The zero-order chi connectivity index (χ0) is 11.7. The van der Waals surface area contributed by atoms with Gasteiger partial charge in [0.2, 0.25) is 0 Å². The number of thiophene rings is 1. The molecular formula is C11H14N4OS. The maximum atomic E-state index is 5.68. The highest BCUT2D eigenvalue weighted by Gasteiger charge is 2.18. The topological polar surface area (TPSA) is 68.2 Å². The van der Waals surface area contributed by atoms with E-state index in [-0.39, 0.29) is 0 Å². The molecule has 17 heavy (non-hydrogen) atoms. The summed E-state index contributed by atoms with van der Waals surface area (Å²) in [7, 11) is 0. The maximum Gasteiger partial charge on any atom is 0.269 e. The highest BCUT2D eigenvalue weighted by atomic mass is 32.1. The van der Waals surface area contributed by atoms with Crippen LogP contribution in [0.25, 0.3) is 10.8 Å². The van der Waals surface area contributed by atoms with Gasteiger partial charge in [0.25, 0.3) is 11.8 Å². The molecule has 5 nitrogen and oxygen atoms in total. The Morgan fingerprint density at radius 3 is 2.76 bits per heavy atom. The summed E-state index contributed by atoms with van der Waals surface area (Å²) in [6.45, 7) is 2.04. The van der Waals surface area contributed by atoms with Gasteiger partial charge in [0.05, 0.1) is 9.88 Å². The molecule has 3 heterocycles. The van der Waals surface area contributed by atoms with E-state index in [1.165, 1.54) is 30.6 Å². The van der Waals surface area contributed by atoms with Gasteiger partial charge in [0.1, 0.15) is 0 Å². The molecule has 0 amide bonds. The molecule has 0 radical (unpaired) electrons. The van der Waals surface area contributed by atoms with E-state index in [2.05, 4.69) is 15.0 Å². The average Bonchev–Trinajstić information content (AvgIpc) is 2.98. The van der Waals surface area contributed by atoms with Crippen molar-refractivity contribution in [1.29, 1.82) is 0 Å². The van der Waals surface area contributed by atoms with Crippen LogP contribution in [0.5, 0.6) is 0 Å². The normalized spacial score (nSPS) is 16.4. The zero-order valence-corrected chi connectivity index (χ0v) is 10.2. The Hall–Kier alpha value is -1.56. The van der Waals surface area contributed by atoms with Gasteiger partial charge in [-0.1, -0.05) is 0 Å². The molecule has 2 N–H and O–H groups in total. The highest BCUT2D eigenvalue weighted by Crippen LogP contribution is 2.29. The first kappa shape index (κ1) is 10.6. The molecule has 0 atom stereocenters. The number of rotatable bonds is 2. The third-order valence-electron chi connectivity index (χ3n) is 2.89. The molecule has 0 saturated carbocycles. The van der Waals surface area contributed by atoms with E-state index in [1.54, 1.807) is 0 Å². The summed E-state index contributed by atoms with van der Waals surface area (Å²) in [5.41, 5.74) is 5.68. The second kappa shape index (κ2) is 4.37. The second-order valence-corrected chi connectivity index (χ2v) is 5.26. The fourth-order valence-electron chi connectivity index (χ4n) is 2.01. The van der Waals surface area contributed by atoms with Crippen LogP contribution in [0.4, 0.5) is 10.9 Å². The van der Waals surface area contributed by atoms with Gasteiger partial charge in [-0.25, -0.2) is 0 Å². The predicted octanol–water partition coefficient (Wildman–Crippen LogP) is 2.37. The van der Waals surface area contributed by atoms with E-state index in [9.17, 15) is 0 Å². The molecule has 3 rings (SSSR count). The lowest BCUT2D eigenvalue weighted by Gasteiger charge is -2.24. The van der Waals surface area contributed by atoms with E-state index in [0.29, 0.717) is 11.8 Å². The van der Waals surface area contributed by atoms with Crippen LogP contribution in [0.15, 0.2) is 16.7 Å². The summed E-state index contributed by atoms with van der Waals surface area (Å²) in [5.74, 6) is 1.26. The third-order valence-corrected chi connectivity index (χ3v) is 3.79. The van der Waals surface area contributed by atoms with Gasteiger partial charge in [-0.05, 0) is 36.6 Å². The molecule has 0 aromatic carbocycles. The minimum Gasteiger partial charge on any atom is -0.391 e. The van der Waals surface area contributed by atoms with Gasteiger partial charge in [-0.2, -0.15) is 4.98 Å². The van der Waals surface area contributed by atoms with Crippen LogP contribution >= 0.6 is 11.3 Å². The number of hydrogen-bond donors (Lipinski definition) is 1. The molecule has 0 spiro atoms. The monoisotopic (exact) mass is 250 g/mol. The van der Waals surface area contributed by atoms with Gasteiger partial charge in [0, 0.05) is 13.1 Å². The Bertz CT molecular complexity index is 501. The number of nitrogens with zero attached hydrogens (tertiary/aromatic N) is 3. The van der Waals surface area contributed by atoms with Crippen molar-refractivity contribution in [3.8, 4) is 10.8 Å². The van der Waals surface area contributed by atoms with Gasteiger partial charge < -0.3 is 15.2 Å². The Labute approximate surface area is 103 Å². The lowest BCUT2D eigenvalue weighted by atomic mass is 10.1. The van der Waals surface area contributed by atoms with Crippen molar-refractivity contribution in [2.24, 2.45) is 0 Å². The molecule has 1 aliphatic rings. The summed E-state index contributed by atoms with van der Waals surface area (Å²) in [6.07, 6.45) is 3.70. The summed E-state index contributed by atoms with van der Waals surface area (Å²) in [6, 6.07) is 3.76. The Morgan fingerprint density at radius 2 is 2.06 bits per heavy atom. The third kappa shape index (κ3) is 2.12. The second-order valence-electron chi connectivity index (χ2n) is 4.15. The van der Waals surface area contributed by atoms with Gasteiger partial charge >= 0.3 is 0 Å². The van der Waals surface area contributed by atoms with E-state index < -0.39 is 0 Å². The largest absolute Gasteiger partial charge is 0.391 e. The first-order valence-electron chi connectivity index (χ1n) is 5.77. The van der Waals surface area contributed by atoms with Crippen LogP contribution in [-0.4, -0.2) is 23.2 Å². The number of piperidine rings is 1. The predicted molar refractivity (Wildman–Crippen MR) is 68.1 cm³/mol. The summed E-state index contributed by atoms with van der Waals surface area (Å²) in [5, 5.41) is 4.79. The van der Waals surface area contributed by atoms with Crippen molar-refractivity contribution in [1.82, 2.24) is 10.1 Å². The minimum atomic E-state index is 0.562. The molecule has 1 fully saturated rings. The van der Waals surface area contributed by atoms with Crippen molar-refractivity contribution in [3.05, 3.63) is 12.1 Å². The smallest absolute Gasteiger partial charge is 0.269 e. The number of nitrogens with two attached hydrogens (primary N) is 1. The molecular weight excluding hydrogens is 236 g/mol. The van der Waals surface area contributed by atoms with Crippen LogP contribution in [0.1, 0.15) is 19.3 Å². The lowest BCUT2D eigenvalue weighted by molar-refractivity contribution is 0.427. The van der Waals surface area contributed by atoms with Crippen LogP contribution in [0.3, 0.4) is 0 Å². The highest BCUT2D eigenvalue weighted by molar-refractivity contribution is 7.19. The van der Waals surface area contributed by atoms with E-state index >= 15 is 0 Å². The van der Waals surface area contributed by atoms with Gasteiger partial charge in [-0.3, -0.25) is 0 Å². The number of nitrogen functional groups attached to an aromatic ring is 1. The molecule has 90 valence electrons. The fourth-order valence-corrected chi connectivity index (χ4v) is 2.70. The molecule has 1 saturated heterocycles. The van der Waals surface area contributed by atoms with Crippen LogP contribution in [0, 0.1) is 0 Å². The van der Waals surface area contributed by atoms with Gasteiger partial charge in [0.15, 0.2) is 0 Å². The van der Waals surface area contributed by atoms with Crippen molar-refractivity contribution < 1.29 is 4.52 Å². The van der Waals surface area contributed by atoms with Crippen LogP contribution in [-0.2, 0) is 0 Å². The van der Waals surface area contributed by atoms with Crippen LogP contribution < -0.4 is 10.6 Å². The zero-order valence-electron chi connectivity index (χ0n) is 9.43. The molecule has 0 unspecified atom stereocenters. The lowest BCUT2D eigenvalue weighted by Crippen LogP contribution is -2.30. The van der Waals surface area contributed by atoms with E-state index in [0.717, 1.165) is 23.0 Å². The number of aromatic nitrogens is 2.